The van der Waals surface area contributed by atoms with E-state index in [1.54, 1.807) is 29.4 Å². The molecule has 0 spiro atoms. The molecule has 2 rings (SSSR count). The number of hydrogen-bond acceptors (Lipinski definition) is 3. The van der Waals surface area contributed by atoms with E-state index in [0.29, 0.717) is 0 Å². The number of furan rings is 1. The van der Waals surface area contributed by atoms with Crippen molar-refractivity contribution in [2.24, 2.45) is 0 Å². The van der Waals surface area contributed by atoms with Gasteiger partial charge in [-0.25, -0.2) is 4.98 Å². The van der Waals surface area contributed by atoms with Gasteiger partial charge < -0.3 is 4.42 Å². The van der Waals surface area contributed by atoms with E-state index >= 15 is 0 Å². The summed E-state index contributed by atoms with van der Waals surface area (Å²) in [6, 6.07) is 1.89. The summed E-state index contributed by atoms with van der Waals surface area (Å²) in [7, 11) is 0. The Balaban J connectivity index is 2.53. The SMILES string of the molecule is Brc1scnc1-c1ccoc1. The molecular weight excluding hydrogens is 226 g/mol. The minimum Gasteiger partial charge on any atom is -0.472 e. The molecule has 2 aromatic rings. The van der Waals surface area contributed by atoms with Crippen LogP contribution in [0.15, 0.2) is 32.3 Å². The largest absolute Gasteiger partial charge is 0.472 e. The second-order valence-corrected chi connectivity index (χ2v) is 4.16. The summed E-state index contributed by atoms with van der Waals surface area (Å²) in [6.07, 6.45) is 3.32. The molecule has 0 radical (unpaired) electrons. The van der Waals surface area contributed by atoms with Crippen molar-refractivity contribution in [2.75, 3.05) is 0 Å². The first-order valence-electron chi connectivity index (χ1n) is 2.99. The smallest absolute Gasteiger partial charge is 0.0997 e. The third kappa shape index (κ3) is 1.23. The van der Waals surface area contributed by atoms with Gasteiger partial charge in [0.2, 0.25) is 0 Å². The van der Waals surface area contributed by atoms with Crippen molar-refractivity contribution in [3.63, 3.8) is 0 Å². The third-order valence-electron chi connectivity index (χ3n) is 1.32. The average molecular weight is 230 g/mol. The Morgan fingerprint density at radius 3 is 3.00 bits per heavy atom. The van der Waals surface area contributed by atoms with Gasteiger partial charge in [0.05, 0.1) is 27.5 Å². The van der Waals surface area contributed by atoms with Crippen molar-refractivity contribution in [1.82, 2.24) is 4.98 Å². The van der Waals surface area contributed by atoms with Gasteiger partial charge in [-0.1, -0.05) is 0 Å². The lowest BCUT2D eigenvalue weighted by atomic mass is 10.3. The summed E-state index contributed by atoms with van der Waals surface area (Å²) in [5.74, 6) is 0. The summed E-state index contributed by atoms with van der Waals surface area (Å²) in [5, 5.41) is 0. The second-order valence-electron chi connectivity index (χ2n) is 1.99. The minimum atomic E-state index is 0.948. The Morgan fingerprint density at radius 2 is 2.45 bits per heavy atom. The molecule has 2 heterocycles. The molecule has 56 valence electrons. The van der Waals surface area contributed by atoms with Gasteiger partial charge in [0, 0.05) is 5.56 Å². The van der Waals surface area contributed by atoms with Gasteiger partial charge in [0.25, 0.3) is 0 Å². The molecule has 2 aromatic heterocycles. The van der Waals surface area contributed by atoms with Crippen molar-refractivity contribution in [3.05, 3.63) is 27.9 Å². The lowest BCUT2D eigenvalue weighted by molar-refractivity contribution is 0.568. The van der Waals surface area contributed by atoms with Gasteiger partial charge in [-0.3, -0.25) is 0 Å². The quantitative estimate of drug-likeness (QED) is 0.751. The Bertz CT molecular complexity index is 341. The average Bonchev–Trinajstić information content (AvgIpc) is 2.55. The minimum absolute atomic E-state index is 0.948. The van der Waals surface area contributed by atoms with Crippen LogP contribution in [0, 0.1) is 0 Å². The van der Waals surface area contributed by atoms with Crippen LogP contribution in [0.25, 0.3) is 11.3 Å². The highest BCUT2D eigenvalue weighted by Gasteiger charge is 2.05. The summed E-state index contributed by atoms with van der Waals surface area (Å²) < 4.78 is 5.98. The van der Waals surface area contributed by atoms with E-state index in [1.807, 2.05) is 6.07 Å². The third-order valence-corrected chi connectivity index (χ3v) is 2.87. The van der Waals surface area contributed by atoms with E-state index in [0.717, 1.165) is 15.0 Å². The molecule has 11 heavy (non-hydrogen) atoms. The maximum Gasteiger partial charge on any atom is 0.0997 e. The number of hydrogen-bond donors (Lipinski definition) is 0. The van der Waals surface area contributed by atoms with Gasteiger partial charge in [-0.15, -0.1) is 11.3 Å². The monoisotopic (exact) mass is 229 g/mol. The van der Waals surface area contributed by atoms with Crippen molar-refractivity contribution in [1.29, 1.82) is 0 Å². The van der Waals surface area contributed by atoms with Crippen molar-refractivity contribution in [3.8, 4) is 11.3 Å². The molecule has 0 saturated carbocycles. The molecule has 0 saturated heterocycles. The van der Waals surface area contributed by atoms with Crippen molar-refractivity contribution < 1.29 is 4.42 Å². The molecule has 2 nitrogen and oxygen atoms in total. The predicted molar refractivity (Wildman–Crippen MR) is 47.5 cm³/mol. The highest BCUT2D eigenvalue weighted by molar-refractivity contribution is 9.11. The molecule has 0 atom stereocenters. The molecule has 0 aliphatic heterocycles. The van der Waals surface area contributed by atoms with E-state index in [-0.39, 0.29) is 0 Å². The van der Waals surface area contributed by atoms with Crippen LogP contribution >= 0.6 is 27.3 Å². The zero-order valence-electron chi connectivity index (χ0n) is 5.45. The lowest BCUT2D eigenvalue weighted by Crippen LogP contribution is -1.70. The van der Waals surface area contributed by atoms with Crippen LogP contribution in [-0.4, -0.2) is 4.98 Å². The molecule has 0 amide bonds. The fourth-order valence-corrected chi connectivity index (χ4v) is 1.93. The van der Waals surface area contributed by atoms with Crippen LogP contribution in [-0.2, 0) is 0 Å². The molecule has 0 fully saturated rings. The summed E-state index contributed by atoms with van der Waals surface area (Å²) >= 11 is 4.97. The molecule has 4 heteroatoms. The summed E-state index contributed by atoms with van der Waals surface area (Å²) in [5.41, 5.74) is 3.76. The zero-order chi connectivity index (χ0) is 7.68. The number of halogens is 1. The fourth-order valence-electron chi connectivity index (χ4n) is 0.819. The van der Waals surface area contributed by atoms with Gasteiger partial charge in [-0.2, -0.15) is 0 Å². The highest BCUT2D eigenvalue weighted by Crippen LogP contribution is 2.29. The van der Waals surface area contributed by atoms with Gasteiger partial charge in [0.15, 0.2) is 0 Å². The number of aromatic nitrogens is 1. The van der Waals surface area contributed by atoms with E-state index in [9.17, 15) is 0 Å². The number of thiazole rings is 1. The predicted octanol–water partition coefficient (Wildman–Crippen LogP) is 3.17. The maximum atomic E-state index is 4.94. The standard InChI is InChI=1S/C7H4BrNOS/c8-7-6(9-4-11-7)5-1-2-10-3-5/h1-4H. The van der Waals surface area contributed by atoms with Gasteiger partial charge >= 0.3 is 0 Å². The highest BCUT2D eigenvalue weighted by atomic mass is 79.9. The van der Waals surface area contributed by atoms with Crippen LogP contribution in [0.3, 0.4) is 0 Å². The Morgan fingerprint density at radius 1 is 1.55 bits per heavy atom. The van der Waals surface area contributed by atoms with E-state index in [1.165, 1.54) is 0 Å². The molecule has 0 unspecified atom stereocenters. The van der Waals surface area contributed by atoms with Crippen molar-refractivity contribution in [2.45, 2.75) is 0 Å². The molecule has 0 aromatic carbocycles. The maximum absolute atomic E-state index is 4.94. The van der Waals surface area contributed by atoms with Crippen LogP contribution < -0.4 is 0 Å². The first-order valence-corrected chi connectivity index (χ1v) is 4.67. The Hall–Kier alpha value is -0.610. The second kappa shape index (κ2) is 2.79. The fraction of sp³-hybridized carbons (Fsp3) is 0. The van der Waals surface area contributed by atoms with Gasteiger partial charge in [0.1, 0.15) is 0 Å². The summed E-state index contributed by atoms with van der Waals surface area (Å²) in [6.45, 7) is 0. The number of nitrogens with zero attached hydrogens (tertiary/aromatic N) is 1. The Labute approximate surface area is 76.0 Å². The van der Waals surface area contributed by atoms with E-state index in [4.69, 9.17) is 4.42 Å². The molecule has 0 N–H and O–H groups in total. The lowest BCUT2D eigenvalue weighted by Gasteiger charge is -1.87. The molecule has 0 aliphatic carbocycles. The zero-order valence-corrected chi connectivity index (χ0v) is 7.85. The van der Waals surface area contributed by atoms with Crippen molar-refractivity contribution >= 4 is 27.3 Å². The molecule has 0 bridgehead atoms. The van der Waals surface area contributed by atoms with E-state index < -0.39 is 0 Å². The van der Waals surface area contributed by atoms with Crippen LogP contribution in [0.2, 0.25) is 0 Å². The molecule has 0 aliphatic rings. The van der Waals surface area contributed by atoms with Gasteiger partial charge in [-0.05, 0) is 22.0 Å². The topological polar surface area (TPSA) is 26.0 Å². The summed E-state index contributed by atoms with van der Waals surface area (Å²) in [4.78, 5) is 4.17. The van der Waals surface area contributed by atoms with Crippen LogP contribution in [0.1, 0.15) is 0 Å². The molecular formula is C7H4BrNOS. The first kappa shape index (κ1) is 7.06. The Kier molecular flexibility index (Phi) is 1.79. The normalized spacial score (nSPS) is 10.3. The van der Waals surface area contributed by atoms with E-state index in [2.05, 4.69) is 20.9 Å². The first-order chi connectivity index (χ1) is 5.38. The number of rotatable bonds is 1. The van der Waals surface area contributed by atoms with Crippen LogP contribution in [0.5, 0.6) is 0 Å². The van der Waals surface area contributed by atoms with Crippen LogP contribution in [0.4, 0.5) is 0 Å².